The third kappa shape index (κ3) is 9.81. The summed E-state index contributed by atoms with van der Waals surface area (Å²) in [6, 6.07) is -2.86. The van der Waals surface area contributed by atoms with Crippen molar-refractivity contribution in [3.8, 4) is 0 Å². The molecule has 1 heterocycles. The molecule has 37 heavy (non-hydrogen) atoms. The van der Waals surface area contributed by atoms with E-state index in [0.29, 0.717) is 31.7 Å². The second-order valence-corrected chi connectivity index (χ2v) is 12.0. The third-order valence-corrected chi connectivity index (χ3v) is 7.94. The van der Waals surface area contributed by atoms with E-state index in [-0.39, 0.29) is 60.1 Å². The molecule has 0 aromatic carbocycles. The van der Waals surface area contributed by atoms with E-state index in [1.807, 2.05) is 0 Å². The zero-order valence-corrected chi connectivity index (χ0v) is 24.5. The Balaban J connectivity index is 0.00000533. The van der Waals surface area contributed by atoms with E-state index in [1.54, 1.807) is 13.8 Å². The zero-order chi connectivity index (χ0) is 28.3. The summed E-state index contributed by atoms with van der Waals surface area (Å²) < 4.78 is 56.5. The molecule has 4 N–H and O–H groups in total. The van der Waals surface area contributed by atoms with Crippen LogP contribution in [0.1, 0.15) is 61.5 Å². The Kier molecular flexibility index (Phi) is 11.1. The molecule has 2 aliphatic carbocycles. The fourth-order valence-electron chi connectivity index (χ4n) is 5.31. The number of ether oxygens (including phenoxy) is 1. The number of carbonyl (C=O) groups excluding carboxylic acids is 3. The largest absolute Gasteiger partial charge is 1.00 e. The molecule has 1 aliphatic heterocycles. The first kappa shape index (κ1) is 28.8. The van der Waals surface area contributed by atoms with E-state index >= 15 is 0 Å². The van der Waals surface area contributed by atoms with Gasteiger partial charge in [-0.2, -0.15) is 0 Å². The van der Waals surface area contributed by atoms with Crippen LogP contribution in [0.5, 0.6) is 0 Å². The minimum absolute atomic E-state index is 0. The molecular weight excluding hydrogens is 513 g/mol. The molecule has 204 valence electrons. The molecule has 7 atom stereocenters. The number of rotatable bonds is 11. The van der Waals surface area contributed by atoms with E-state index in [9.17, 15) is 32.5 Å². The van der Waals surface area contributed by atoms with Crippen molar-refractivity contribution in [2.75, 3.05) is 13.1 Å². The topological polar surface area (TPSA) is 174 Å². The van der Waals surface area contributed by atoms with E-state index in [0.717, 1.165) is 12.8 Å². The molecule has 0 radical (unpaired) electrons. The molecule has 0 aromatic rings. The summed E-state index contributed by atoms with van der Waals surface area (Å²) in [5.74, 6) is -2.05. The quantitative estimate of drug-likeness (QED) is 0.129. The number of nitrogens with one attached hydrogen (secondary N) is 3. The molecule has 2 bridgehead atoms. The predicted molar refractivity (Wildman–Crippen MR) is 129 cm³/mol. The van der Waals surface area contributed by atoms with Crippen LogP contribution in [0, 0.1) is 29.6 Å². The standard InChI is InChI=1S/C24H39N3O8S.Na/c1-14(2)8-19(27-24(31)35-13-17-10-15-4-3-5-16(9-15)11-17)22(29)26-20(23(30)36(32,33)34)12-18-6-7-25-21(18)28;/h3-4,14-20,23,30H,5-13H2,1-2H3,(H,25,28)(H,26,29)(H,27,31)(H,32,33,34);/q;+1/p-1/t15?,16?,17?,18-,19+,20+,23?;/m1./s1/i13D2;. The fraction of sp³-hybridized carbons (Fsp3) is 0.792. The average molecular weight is 554 g/mol. The normalized spacial score (nSPS) is 28.6. The van der Waals surface area contributed by atoms with Gasteiger partial charge < -0.3 is 30.3 Å². The molecule has 11 nitrogen and oxygen atoms in total. The van der Waals surface area contributed by atoms with E-state index < -0.39 is 58.0 Å². The van der Waals surface area contributed by atoms with Crippen LogP contribution in [-0.4, -0.2) is 66.6 Å². The first-order valence-electron chi connectivity index (χ1n) is 13.5. The first-order valence-corrected chi connectivity index (χ1v) is 14.0. The van der Waals surface area contributed by atoms with Crippen LogP contribution in [0.3, 0.4) is 0 Å². The molecule has 1 saturated heterocycles. The van der Waals surface area contributed by atoms with Crippen molar-refractivity contribution in [1.82, 2.24) is 16.0 Å². The maximum Gasteiger partial charge on any atom is 1.00 e. The van der Waals surface area contributed by atoms with Gasteiger partial charge in [0.2, 0.25) is 11.8 Å². The number of amides is 3. The van der Waals surface area contributed by atoms with Gasteiger partial charge >= 0.3 is 35.7 Å². The number of aliphatic hydroxyl groups is 1. The smallest absolute Gasteiger partial charge is 0.746 e. The van der Waals surface area contributed by atoms with Crippen molar-refractivity contribution >= 4 is 28.0 Å². The molecule has 2 fully saturated rings. The van der Waals surface area contributed by atoms with Crippen LogP contribution >= 0.6 is 0 Å². The summed E-state index contributed by atoms with van der Waals surface area (Å²) >= 11 is 0. The van der Waals surface area contributed by atoms with Crippen molar-refractivity contribution in [3.63, 3.8) is 0 Å². The fourth-order valence-corrected chi connectivity index (χ4v) is 5.89. The summed E-state index contributed by atoms with van der Waals surface area (Å²) in [4.78, 5) is 37.8. The SMILES string of the molecule is [2H]C([2H])(OC(=O)N[C@@H](CC(C)C)C(=O)N[C@@H](C[C@H]1CCNC1=O)C(O)S(=O)(=O)[O-])C1CC2C=CCC(C2)C1.[Na+]. The molecule has 3 amide bonds. The third-order valence-electron chi connectivity index (χ3n) is 7.02. The molecule has 0 aromatic heterocycles. The minimum Gasteiger partial charge on any atom is -0.746 e. The number of hydrogen-bond donors (Lipinski definition) is 4. The van der Waals surface area contributed by atoms with Crippen LogP contribution in [0.4, 0.5) is 4.79 Å². The van der Waals surface area contributed by atoms with Crippen molar-refractivity contribution < 1.29 is 69.5 Å². The van der Waals surface area contributed by atoms with Gasteiger partial charge in [0.15, 0.2) is 5.44 Å². The Morgan fingerprint density at radius 1 is 1.30 bits per heavy atom. The summed E-state index contributed by atoms with van der Waals surface area (Å²) in [6.45, 7) is 1.63. The van der Waals surface area contributed by atoms with E-state index in [4.69, 9.17) is 7.48 Å². The van der Waals surface area contributed by atoms with Gasteiger partial charge in [0.1, 0.15) is 16.2 Å². The number of alkyl carbamates (subject to hydrolysis) is 1. The van der Waals surface area contributed by atoms with Crippen molar-refractivity contribution in [1.29, 1.82) is 0 Å². The van der Waals surface area contributed by atoms with E-state index in [2.05, 4.69) is 28.1 Å². The molecular formula is C24H38N3NaO8S. The molecule has 13 heteroatoms. The van der Waals surface area contributed by atoms with Gasteiger partial charge in [0.05, 0.1) is 15.3 Å². The Labute approximate surface area is 243 Å². The van der Waals surface area contributed by atoms with E-state index in [1.165, 1.54) is 0 Å². The Morgan fingerprint density at radius 3 is 2.62 bits per heavy atom. The van der Waals surface area contributed by atoms with Gasteiger partial charge in [-0.1, -0.05) is 26.0 Å². The van der Waals surface area contributed by atoms with Gasteiger partial charge in [-0.15, -0.1) is 0 Å². The van der Waals surface area contributed by atoms with Crippen LogP contribution < -0.4 is 45.5 Å². The minimum atomic E-state index is -5.23. The van der Waals surface area contributed by atoms with Crippen LogP contribution in [-0.2, 0) is 24.4 Å². The second kappa shape index (κ2) is 14.3. The second-order valence-electron chi connectivity index (χ2n) is 10.5. The molecule has 4 unspecified atom stereocenters. The summed E-state index contributed by atoms with van der Waals surface area (Å²) in [7, 11) is -5.23. The summed E-state index contributed by atoms with van der Waals surface area (Å²) in [5.41, 5.74) is -2.50. The number of carbonyl (C=O) groups is 3. The molecule has 3 rings (SSSR count). The molecule has 0 spiro atoms. The molecule has 3 aliphatic rings. The monoisotopic (exact) mass is 553 g/mol. The van der Waals surface area contributed by atoms with Gasteiger partial charge in [-0.25, -0.2) is 13.2 Å². The average Bonchev–Trinajstić information content (AvgIpc) is 3.20. The Hall–Kier alpha value is -1.18. The zero-order valence-electron chi connectivity index (χ0n) is 23.6. The van der Waals surface area contributed by atoms with Gasteiger partial charge in [0.25, 0.3) is 0 Å². The first-order chi connectivity index (χ1) is 17.7. The van der Waals surface area contributed by atoms with Crippen LogP contribution in [0.15, 0.2) is 12.2 Å². The van der Waals surface area contributed by atoms with Crippen molar-refractivity contribution in [2.24, 2.45) is 29.6 Å². The number of hydrogen-bond acceptors (Lipinski definition) is 8. The maximum atomic E-state index is 13.1. The summed E-state index contributed by atoms with van der Waals surface area (Å²) in [5, 5.41) is 17.4. The van der Waals surface area contributed by atoms with Gasteiger partial charge in [-0.05, 0) is 68.6 Å². The Bertz CT molecular complexity index is 1030. The summed E-state index contributed by atoms with van der Waals surface area (Å²) in [6.07, 6.45) is 6.13. The van der Waals surface area contributed by atoms with Crippen LogP contribution in [0.2, 0.25) is 0 Å². The van der Waals surface area contributed by atoms with Crippen molar-refractivity contribution in [2.45, 2.75) is 76.3 Å². The van der Waals surface area contributed by atoms with Gasteiger partial charge in [0, 0.05) is 12.5 Å². The number of aliphatic hydroxyl groups excluding tert-OH is 1. The van der Waals surface area contributed by atoms with Crippen LogP contribution in [0.25, 0.3) is 0 Å². The predicted octanol–water partition coefficient (Wildman–Crippen LogP) is -2.00. The van der Waals surface area contributed by atoms with Gasteiger partial charge in [-0.3, -0.25) is 9.59 Å². The maximum absolute atomic E-state index is 13.1. The number of fused-ring (bicyclic) bond motifs is 2. The van der Waals surface area contributed by atoms with Crippen molar-refractivity contribution in [3.05, 3.63) is 12.2 Å². The molecule has 1 saturated carbocycles. The number of allylic oxidation sites excluding steroid dienone is 2. The Morgan fingerprint density at radius 2 is 2.03 bits per heavy atom.